The minimum absolute atomic E-state index is 0.365. The van der Waals surface area contributed by atoms with E-state index in [1.165, 1.54) is 16.2 Å². The summed E-state index contributed by atoms with van der Waals surface area (Å²) in [6.07, 6.45) is 5.04. The maximum absolute atomic E-state index is 12.3. The van der Waals surface area contributed by atoms with Crippen LogP contribution in [0.3, 0.4) is 0 Å². The van der Waals surface area contributed by atoms with E-state index in [1.807, 2.05) is 12.1 Å². The van der Waals surface area contributed by atoms with Gasteiger partial charge in [-0.05, 0) is 43.4 Å². The summed E-state index contributed by atoms with van der Waals surface area (Å²) in [4.78, 5) is 37.5. The Balaban J connectivity index is 1.23. The Labute approximate surface area is 194 Å². The van der Waals surface area contributed by atoms with Gasteiger partial charge in [-0.1, -0.05) is 6.07 Å². The van der Waals surface area contributed by atoms with Gasteiger partial charge in [-0.3, -0.25) is 15.6 Å². The Bertz CT molecular complexity index is 1090. The first-order valence-corrected chi connectivity index (χ1v) is 11.5. The number of piperidine rings is 1. The van der Waals surface area contributed by atoms with Crippen molar-refractivity contribution in [2.75, 3.05) is 30.3 Å². The first-order chi connectivity index (χ1) is 16.1. The maximum Gasteiger partial charge on any atom is 0.407 e. The lowest BCUT2D eigenvalue weighted by Gasteiger charge is -2.29. The van der Waals surface area contributed by atoms with Gasteiger partial charge < -0.3 is 14.7 Å². The molecule has 4 heterocycles. The van der Waals surface area contributed by atoms with Gasteiger partial charge in [0, 0.05) is 42.5 Å². The summed E-state index contributed by atoms with van der Waals surface area (Å²) in [6, 6.07) is 8.44. The van der Waals surface area contributed by atoms with Gasteiger partial charge in [-0.15, -0.1) is 11.3 Å². The van der Waals surface area contributed by atoms with E-state index in [0.29, 0.717) is 43.1 Å². The summed E-state index contributed by atoms with van der Waals surface area (Å²) in [5, 5.41) is 17.0. The number of carbonyl (C=O) groups is 2. The van der Waals surface area contributed by atoms with Crippen LogP contribution in [-0.2, 0) is 0 Å². The molecule has 0 spiro atoms. The highest BCUT2D eigenvalue weighted by atomic mass is 32.1. The summed E-state index contributed by atoms with van der Waals surface area (Å²) in [5.41, 5.74) is 0.933. The van der Waals surface area contributed by atoms with Gasteiger partial charge >= 0.3 is 12.1 Å². The summed E-state index contributed by atoms with van der Waals surface area (Å²) in [7, 11) is 0. The third kappa shape index (κ3) is 6.39. The van der Waals surface area contributed by atoms with Gasteiger partial charge in [0.2, 0.25) is 5.88 Å². The van der Waals surface area contributed by atoms with Crippen molar-refractivity contribution in [3.8, 4) is 16.5 Å². The van der Waals surface area contributed by atoms with Crippen LogP contribution in [-0.4, -0.2) is 56.8 Å². The monoisotopic (exact) mass is 468 g/mol. The molecule has 3 amide bonds. The molecule has 1 saturated heterocycles. The van der Waals surface area contributed by atoms with Gasteiger partial charge in [0.15, 0.2) is 0 Å². The van der Waals surface area contributed by atoms with Crippen molar-refractivity contribution in [3.05, 3.63) is 48.1 Å². The number of rotatable bonds is 7. The topological polar surface area (TPSA) is 130 Å². The summed E-state index contributed by atoms with van der Waals surface area (Å²) in [5.74, 6) is 1.67. The number of hydrogen-bond donors (Lipinski definition) is 3. The predicted octanol–water partition coefficient (Wildman–Crippen LogP) is 4.40. The lowest BCUT2D eigenvalue weighted by Crippen LogP contribution is -2.37. The highest BCUT2D eigenvalue weighted by Gasteiger charge is 2.22. The number of carbonyl (C=O) groups excluding carboxylic acids is 1. The van der Waals surface area contributed by atoms with Crippen LogP contribution >= 0.6 is 11.3 Å². The van der Waals surface area contributed by atoms with Gasteiger partial charge in [-0.2, -0.15) is 4.98 Å². The van der Waals surface area contributed by atoms with Crippen molar-refractivity contribution in [2.24, 2.45) is 5.92 Å². The Hall–Kier alpha value is -3.73. The predicted molar refractivity (Wildman–Crippen MR) is 125 cm³/mol. The number of nitrogens with one attached hydrogen (secondary N) is 2. The van der Waals surface area contributed by atoms with Crippen LogP contribution in [0.25, 0.3) is 10.6 Å². The number of pyridine rings is 2. The largest absolute Gasteiger partial charge is 0.478 e. The molecule has 0 saturated carbocycles. The van der Waals surface area contributed by atoms with Crippen molar-refractivity contribution in [3.63, 3.8) is 0 Å². The molecule has 3 aromatic rings. The summed E-state index contributed by atoms with van der Waals surface area (Å²) < 4.78 is 5.75. The molecule has 4 rings (SSSR count). The smallest absolute Gasteiger partial charge is 0.407 e. The number of aromatic nitrogens is 3. The fourth-order valence-corrected chi connectivity index (χ4v) is 4.29. The number of carboxylic acid groups (broad SMARTS) is 1. The number of likely N-dealkylation sites (tertiary alicyclic amines) is 1. The van der Waals surface area contributed by atoms with E-state index in [1.54, 1.807) is 36.0 Å². The normalized spacial score (nSPS) is 14.0. The Morgan fingerprint density at radius 1 is 1.09 bits per heavy atom. The second-order valence-corrected chi connectivity index (χ2v) is 8.42. The van der Waals surface area contributed by atoms with Crippen molar-refractivity contribution < 1.29 is 19.4 Å². The van der Waals surface area contributed by atoms with Gasteiger partial charge in [-0.25, -0.2) is 14.6 Å². The average Bonchev–Trinajstić information content (AvgIpc) is 3.28. The van der Waals surface area contributed by atoms with Crippen LogP contribution in [0.5, 0.6) is 5.88 Å². The second-order valence-electron chi connectivity index (χ2n) is 7.56. The van der Waals surface area contributed by atoms with Crippen LogP contribution in [0, 0.1) is 5.92 Å². The molecule has 1 aliphatic heterocycles. The summed E-state index contributed by atoms with van der Waals surface area (Å²) in [6.45, 7) is 1.61. The molecule has 10 nitrogen and oxygen atoms in total. The van der Waals surface area contributed by atoms with E-state index in [9.17, 15) is 9.59 Å². The van der Waals surface area contributed by atoms with Gasteiger partial charge in [0.25, 0.3) is 0 Å². The molecule has 172 valence electrons. The van der Waals surface area contributed by atoms with Crippen molar-refractivity contribution >= 4 is 35.1 Å². The third-order valence-electron chi connectivity index (χ3n) is 5.30. The number of amides is 3. The molecule has 0 aromatic carbocycles. The minimum Gasteiger partial charge on any atom is -0.478 e. The van der Waals surface area contributed by atoms with Crippen LogP contribution in [0.15, 0.2) is 48.1 Å². The number of nitrogens with zero attached hydrogens (tertiary/aromatic N) is 4. The van der Waals surface area contributed by atoms with E-state index in [0.717, 1.165) is 29.8 Å². The number of hydrogen-bond acceptors (Lipinski definition) is 7. The number of ether oxygens (including phenoxy) is 1. The fraction of sp³-hybridized carbons (Fsp3) is 0.318. The molecule has 0 radical (unpaired) electrons. The van der Waals surface area contributed by atoms with Crippen molar-refractivity contribution in [2.45, 2.75) is 19.3 Å². The quantitative estimate of drug-likeness (QED) is 0.468. The Morgan fingerprint density at radius 3 is 2.61 bits per heavy atom. The lowest BCUT2D eigenvalue weighted by atomic mass is 9.94. The number of anilines is 2. The van der Waals surface area contributed by atoms with Crippen molar-refractivity contribution in [1.82, 2.24) is 19.9 Å². The van der Waals surface area contributed by atoms with Gasteiger partial charge in [0.05, 0.1) is 6.61 Å². The Kier molecular flexibility index (Phi) is 7.30. The number of thiazole rings is 1. The molecule has 1 aliphatic rings. The van der Waals surface area contributed by atoms with E-state index in [2.05, 4.69) is 25.6 Å². The highest BCUT2D eigenvalue weighted by molar-refractivity contribution is 7.13. The number of urea groups is 1. The standard InChI is InChI=1S/C22H24N6O4S/c29-21(27-18-14-33-20(25-18)16-4-9-23-10-5-16)26-17-2-1-3-19(24-17)32-13-8-15-6-11-28(12-7-15)22(30)31/h1-5,9-10,14-15H,6-8,11-13H2,(H,30,31)(H2,24,26,27,29). The first-order valence-electron chi connectivity index (χ1n) is 10.6. The van der Waals surface area contributed by atoms with E-state index >= 15 is 0 Å². The first kappa shape index (κ1) is 22.5. The molecule has 33 heavy (non-hydrogen) atoms. The van der Waals surface area contributed by atoms with E-state index < -0.39 is 12.1 Å². The zero-order chi connectivity index (χ0) is 23.0. The molecule has 0 unspecified atom stereocenters. The second kappa shape index (κ2) is 10.7. The average molecular weight is 469 g/mol. The molecule has 3 aromatic heterocycles. The van der Waals surface area contributed by atoms with Crippen molar-refractivity contribution in [1.29, 1.82) is 0 Å². The molecule has 0 aliphatic carbocycles. The molecule has 11 heteroatoms. The molecule has 3 N–H and O–H groups in total. The lowest BCUT2D eigenvalue weighted by molar-refractivity contribution is 0.119. The third-order valence-corrected chi connectivity index (χ3v) is 6.19. The zero-order valence-corrected chi connectivity index (χ0v) is 18.6. The van der Waals surface area contributed by atoms with Crippen LogP contribution in [0.1, 0.15) is 19.3 Å². The zero-order valence-electron chi connectivity index (χ0n) is 17.8. The fourth-order valence-electron chi connectivity index (χ4n) is 3.53. The minimum atomic E-state index is -0.855. The SMILES string of the molecule is O=C(Nc1cccc(OCCC2CCN(C(=O)O)CC2)n1)Nc1csc(-c2ccncc2)n1. The molecule has 0 bridgehead atoms. The highest BCUT2D eigenvalue weighted by Crippen LogP contribution is 2.25. The molecular weight excluding hydrogens is 444 g/mol. The van der Waals surface area contributed by atoms with Gasteiger partial charge in [0.1, 0.15) is 16.6 Å². The van der Waals surface area contributed by atoms with E-state index in [-0.39, 0.29) is 0 Å². The summed E-state index contributed by atoms with van der Waals surface area (Å²) >= 11 is 1.43. The molecule has 1 fully saturated rings. The Morgan fingerprint density at radius 2 is 1.85 bits per heavy atom. The van der Waals surface area contributed by atoms with Crippen LogP contribution in [0.2, 0.25) is 0 Å². The molecule has 0 atom stereocenters. The van der Waals surface area contributed by atoms with Crippen LogP contribution < -0.4 is 15.4 Å². The van der Waals surface area contributed by atoms with E-state index in [4.69, 9.17) is 9.84 Å². The van der Waals surface area contributed by atoms with Crippen LogP contribution in [0.4, 0.5) is 21.2 Å². The maximum atomic E-state index is 12.3. The molecular formula is C22H24N6O4S.